The first-order valence-corrected chi connectivity index (χ1v) is 9.86. The Morgan fingerprint density at radius 3 is 2.54 bits per heavy atom. The molecule has 0 saturated heterocycles. The topological polar surface area (TPSA) is 64.4 Å². The summed E-state index contributed by atoms with van der Waals surface area (Å²) in [5.74, 6) is 0. The van der Waals surface area contributed by atoms with Crippen molar-refractivity contribution in [1.82, 2.24) is 9.55 Å². The molecule has 0 aliphatic rings. The third-order valence-corrected chi connectivity index (χ3v) is 5.50. The zero-order valence-electron chi connectivity index (χ0n) is 15.2. The third-order valence-electron chi connectivity index (χ3n) is 4.41. The Hall–Kier alpha value is -2.80. The Balaban J connectivity index is 1.45. The van der Waals surface area contributed by atoms with Crippen LogP contribution in [0.3, 0.4) is 0 Å². The van der Waals surface area contributed by atoms with Gasteiger partial charge in [0.2, 0.25) is 0 Å². The molecular formula is C22H20N2O3S. The Kier molecular flexibility index (Phi) is 5.62. The van der Waals surface area contributed by atoms with Gasteiger partial charge in [-0.1, -0.05) is 60.7 Å². The van der Waals surface area contributed by atoms with Crippen molar-refractivity contribution in [1.29, 1.82) is 0 Å². The molecule has 0 aliphatic carbocycles. The summed E-state index contributed by atoms with van der Waals surface area (Å²) < 4.78 is 7.00. The highest BCUT2D eigenvalue weighted by molar-refractivity contribution is 7.21. The second kappa shape index (κ2) is 8.48. The highest BCUT2D eigenvalue weighted by Gasteiger charge is 2.13. The molecule has 1 N–H and O–H groups in total. The molecule has 142 valence electrons. The number of hydrogen-bond donors (Lipinski definition) is 1. The molecule has 5 nitrogen and oxygen atoms in total. The van der Waals surface area contributed by atoms with Gasteiger partial charge in [0.25, 0.3) is 5.56 Å². The van der Waals surface area contributed by atoms with E-state index in [0.29, 0.717) is 16.8 Å². The molecule has 2 aromatic heterocycles. The van der Waals surface area contributed by atoms with E-state index in [4.69, 9.17) is 4.74 Å². The van der Waals surface area contributed by atoms with E-state index in [0.717, 1.165) is 16.0 Å². The molecule has 0 spiro atoms. The molecule has 0 saturated carbocycles. The van der Waals surface area contributed by atoms with Crippen molar-refractivity contribution < 1.29 is 9.84 Å². The molecule has 6 heteroatoms. The first-order chi connectivity index (χ1) is 13.7. The molecule has 0 amide bonds. The van der Waals surface area contributed by atoms with Crippen LogP contribution in [0.4, 0.5) is 0 Å². The number of aliphatic hydroxyl groups is 1. The largest absolute Gasteiger partial charge is 0.389 e. The highest BCUT2D eigenvalue weighted by atomic mass is 32.1. The van der Waals surface area contributed by atoms with Crippen molar-refractivity contribution in [3.05, 3.63) is 89.0 Å². The summed E-state index contributed by atoms with van der Waals surface area (Å²) >= 11 is 1.49. The lowest BCUT2D eigenvalue weighted by Gasteiger charge is -2.13. The Bertz CT molecular complexity index is 1110. The zero-order valence-corrected chi connectivity index (χ0v) is 16.0. The lowest BCUT2D eigenvalue weighted by molar-refractivity contribution is 0.0198. The zero-order chi connectivity index (χ0) is 19.3. The number of thiophene rings is 1. The fourth-order valence-electron chi connectivity index (χ4n) is 3.00. The average Bonchev–Trinajstić information content (AvgIpc) is 3.17. The summed E-state index contributed by atoms with van der Waals surface area (Å²) in [5, 5.41) is 10.8. The molecule has 4 rings (SSSR count). The summed E-state index contributed by atoms with van der Waals surface area (Å²) in [7, 11) is 0. The van der Waals surface area contributed by atoms with E-state index in [2.05, 4.69) is 4.98 Å². The van der Waals surface area contributed by atoms with Crippen molar-refractivity contribution in [2.24, 2.45) is 0 Å². The second-order valence-electron chi connectivity index (χ2n) is 6.55. The predicted octanol–water partition coefficient (Wildman–Crippen LogP) is 3.70. The van der Waals surface area contributed by atoms with E-state index in [9.17, 15) is 9.90 Å². The number of aliphatic hydroxyl groups excluding tert-OH is 1. The van der Waals surface area contributed by atoms with Gasteiger partial charge in [-0.3, -0.25) is 9.36 Å². The van der Waals surface area contributed by atoms with Crippen molar-refractivity contribution >= 4 is 21.6 Å². The average molecular weight is 392 g/mol. The molecule has 28 heavy (non-hydrogen) atoms. The van der Waals surface area contributed by atoms with Gasteiger partial charge >= 0.3 is 0 Å². The SMILES string of the molecule is O=c1c2cc(-c3ccccc3)sc2ncn1CC(O)COCc1ccccc1. The van der Waals surface area contributed by atoms with Crippen molar-refractivity contribution in [3.63, 3.8) is 0 Å². The molecule has 0 fully saturated rings. The molecule has 0 aliphatic heterocycles. The normalized spacial score (nSPS) is 12.3. The number of ether oxygens (including phenoxy) is 1. The summed E-state index contributed by atoms with van der Waals surface area (Å²) in [6.07, 6.45) is 0.712. The van der Waals surface area contributed by atoms with Gasteiger partial charge in [0.05, 0.1) is 37.6 Å². The number of rotatable bonds is 7. The Labute approximate surface area is 166 Å². The number of nitrogens with zero attached hydrogens (tertiary/aromatic N) is 2. The van der Waals surface area contributed by atoms with Crippen LogP contribution < -0.4 is 5.56 Å². The second-order valence-corrected chi connectivity index (χ2v) is 7.58. The molecule has 0 bridgehead atoms. The van der Waals surface area contributed by atoms with Gasteiger partial charge in [-0.05, 0) is 17.2 Å². The van der Waals surface area contributed by atoms with E-state index in [1.165, 1.54) is 22.2 Å². The summed E-state index contributed by atoms with van der Waals surface area (Å²) in [6, 6.07) is 21.6. The van der Waals surface area contributed by atoms with Gasteiger partial charge in [-0.2, -0.15) is 0 Å². The molecule has 4 aromatic rings. The van der Waals surface area contributed by atoms with Crippen LogP contribution >= 0.6 is 11.3 Å². The van der Waals surface area contributed by atoms with E-state index in [-0.39, 0.29) is 18.7 Å². The molecular weight excluding hydrogens is 372 g/mol. The third kappa shape index (κ3) is 4.20. The number of fused-ring (bicyclic) bond motifs is 1. The quantitative estimate of drug-likeness (QED) is 0.521. The predicted molar refractivity (Wildman–Crippen MR) is 111 cm³/mol. The fourth-order valence-corrected chi connectivity index (χ4v) is 4.00. The van der Waals surface area contributed by atoms with Crippen LogP contribution in [0.5, 0.6) is 0 Å². The lowest BCUT2D eigenvalue weighted by atomic mass is 10.2. The monoisotopic (exact) mass is 392 g/mol. The smallest absolute Gasteiger partial charge is 0.262 e. The van der Waals surface area contributed by atoms with Crippen LogP contribution in [0, 0.1) is 0 Å². The minimum absolute atomic E-state index is 0.146. The van der Waals surface area contributed by atoms with Crippen LogP contribution in [0.1, 0.15) is 5.56 Å². The van der Waals surface area contributed by atoms with Gasteiger partial charge in [-0.15, -0.1) is 11.3 Å². The summed E-state index contributed by atoms with van der Waals surface area (Å²) in [4.78, 5) is 18.9. The minimum Gasteiger partial charge on any atom is -0.389 e. The fraction of sp³-hybridized carbons (Fsp3) is 0.182. The van der Waals surface area contributed by atoms with Crippen LogP contribution in [0.2, 0.25) is 0 Å². The standard InChI is InChI=1S/C22H20N2O3S/c25-18(14-27-13-16-7-3-1-4-8-16)12-24-15-23-21-19(22(24)26)11-20(28-21)17-9-5-2-6-10-17/h1-11,15,18,25H,12-14H2. The van der Waals surface area contributed by atoms with Crippen LogP contribution in [0.15, 0.2) is 77.9 Å². The van der Waals surface area contributed by atoms with Gasteiger partial charge in [-0.25, -0.2) is 4.98 Å². The maximum atomic E-state index is 12.8. The van der Waals surface area contributed by atoms with E-state index in [1.807, 2.05) is 66.7 Å². The van der Waals surface area contributed by atoms with E-state index in [1.54, 1.807) is 0 Å². The lowest BCUT2D eigenvalue weighted by Crippen LogP contribution is -2.29. The Morgan fingerprint density at radius 2 is 1.79 bits per heavy atom. The van der Waals surface area contributed by atoms with Gasteiger partial charge < -0.3 is 9.84 Å². The van der Waals surface area contributed by atoms with Crippen LogP contribution in [0.25, 0.3) is 20.7 Å². The van der Waals surface area contributed by atoms with Gasteiger partial charge in [0.1, 0.15) is 4.83 Å². The van der Waals surface area contributed by atoms with Gasteiger partial charge in [0.15, 0.2) is 0 Å². The minimum atomic E-state index is -0.784. The van der Waals surface area contributed by atoms with E-state index >= 15 is 0 Å². The molecule has 0 radical (unpaired) electrons. The van der Waals surface area contributed by atoms with Crippen molar-refractivity contribution in [3.8, 4) is 10.4 Å². The van der Waals surface area contributed by atoms with Gasteiger partial charge in [0, 0.05) is 4.88 Å². The van der Waals surface area contributed by atoms with Crippen molar-refractivity contribution in [2.75, 3.05) is 6.61 Å². The molecule has 1 unspecified atom stereocenters. The molecule has 2 aromatic carbocycles. The maximum Gasteiger partial charge on any atom is 0.262 e. The number of aromatic nitrogens is 2. The van der Waals surface area contributed by atoms with Crippen molar-refractivity contribution in [2.45, 2.75) is 19.3 Å². The highest BCUT2D eigenvalue weighted by Crippen LogP contribution is 2.30. The number of hydrogen-bond acceptors (Lipinski definition) is 5. The molecule has 2 heterocycles. The molecule has 1 atom stereocenters. The van der Waals surface area contributed by atoms with E-state index < -0.39 is 6.10 Å². The number of benzene rings is 2. The summed E-state index contributed by atoms with van der Waals surface area (Å²) in [5.41, 5.74) is 1.96. The first kappa shape index (κ1) is 18.6. The van der Waals surface area contributed by atoms with Crippen LogP contribution in [-0.2, 0) is 17.9 Å². The summed E-state index contributed by atoms with van der Waals surface area (Å²) in [6.45, 7) is 0.723. The first-order valence-electron chi connectivity index (χ1n) is 9.05. The van der Waals surface area contributed by atoms with Crippen LogP contribution in [-0.4, -0.2) is 27.4 Å². The Morgan fingerprint density at radius 1 is 1.07 bits per heavy atom. The maximum absolute atomic E-state index is 12.8.